The van der Waals surface area contributed by atoms with E-state index in [-0.39, 0.29) is 19.0 Å². The van der Waals surface area contributed by atoms with Gasteiger partial charge in [-0.1, -0.05) is 18.2 Å². The van der Waals surface area contributed by atoms with Crippen molar-refractivity contribution in [3.63, 3.8) is 0 Å². The topological polar surface area (TPSA) is 55.4 Å². The Morgan fingerprint density at radius 3 is 1.20 bits per heavy atom. The molecule has 0 radical (unpaired) electrons. The van der Waals surface area contributed by atoms with Gasteiger partial charge >= 0.3 is 0 Å². The number of fused-ring (bicyclic) bond motifs is 2. The molecule has 0 atom stereocenters. The second-order valence-corrected chi connectivity index (χ2v) is 5.44. The van der Waals surface area contributed by atoms with Crippen LogP contribution >= 0.6 is 0 Å². The van der Waals surface area contributed by atoms with Gasteiger partial charge in [-0.25, -0.2) is 4.39 Å². The van der Waals surface area contributed by atoms with Crippen molar-refractivity contribution in [3.8, 4) is 0 Å². The van der Waals surface area contributed by atoms with Crippen LogP contribution in [-0.2, 0) is 41.6 Å². The van der Waals surface area contributed by atoms with Crippen LogP contribution in [0.3, 0.4) is 0 Å². The average Bonchev–Trinajstić information content (AvgIpc) is 2.62. The van der Waals surface area contributed by atoms with Crippen LogP contribution in [0.5, 0.6) is 0 Å². The van der Waals surface area contributed by atoms with E-state index in [4.69, 9.17) is 28.4 Å². The van der Waals surface area contributed by atoms with Crippen molar-refractivity contribution in [1.29, 1.82) is 0 Å². The lowest BCUT2D eigenvalue weighted by atomic mass is 10.1. The van der Waals surface area contributed by atoms with Crippen LogP contribution in [0.2, 0.25) is 0 Å². The maximum atomic E-state index is 14.4. The summed E-state index contributed by atoms with van der Waals surface area (Å²) in [5.74, 6) is -0.281. The molecule has 0 spiro atoms. The van der Waals surface area contributed by atoms with Gasteiger partial charge in [0, 0.05) is 11.1 Å². The number of halogens is 1. The number of hydrogen-bond acceptors (Lipinski definition) is 6. The SMILES string of the molecule is Fc1c2cccc1COCCOCCOCCOCCOCCOC2. The van der Waals surface area contributed by atoms with E-state index in [9.17, 15) is 4.39 Å². The lowest BCUT2D eigenvalue weighted by molar-refractivity contribution is -0.0181. The maximum absolute atomic E-state index is 14.4. The van der Waals surface area contributed by atoms with Gasteiger partial charge in [-0.15, -0.1) is 0 Å². The maximum Gasteiger partial charge on any atom is 0.134 e. The third-order valence-corrected chi connectivity index (χ3v) is 3.53. The Morgan fingerprint density at radius 1 is 0.520 bits per heavy atom. The minimum absolute atomic E-state index is 0.208. The monoisotopic (exact) mass is 358 g/mol. The van der Waals surface area contributed by atoms with Gasteiger partial charge in [0.25, 0.3) is 0 Å². The Morgan fingerprint density at radius 2 is 0.840 bits per heavy atom. The largest absolute Gasteiger partial charge is 0.377 e. The third kappa shape index (κ3) is 8.71. The van der Waals surface area contributed by atoms with E-state index in [0.29, 0.717) is 77.2 Å². The van der Waals surface area contributed by atoms with Crippen LogP contribution < -0.4 is 0 Å². The Hall–Kier alpha value is -1.09. The molecular formula is C18H27FO6. The average molecular weight is 358 g/mol. The van der Waals surface area contributed by atoms with E-state index >= 15 is 0 Å². The molecular weight excluding hydrogens is 331 g/mol. The van der Waals surface area contributed by atoms with Crippen molar-refractivity contribution >= 4 is 0 Å². The molecule has 1 aromatic rings. The highest BCUT2D eigenvalue weighted by Crippen LogP contribution is 2.15. The van der Waals surface area contributed by atoms with Gasteiger partial charge in [0.1, 0.15) is 5.82 Å². The van der Waals surface area contributed by atoms with Crippen LogP contribution in [-0.4, -0.2) is 66.1 Å². The molecule has 0 aromatic heterocycles. The number of benzene rings is 1. The highest BCUT2D eigenvalue weighted by atomic mass is 19.1. The van der Waals surface area contributed by atoms with Gasteiger partial charge in [0.15, 0.2) is 0 Å². The fourth-order valence-corrected chi connectivity index (χ4v) is 2.22. The predicted molar refractivity (Wildman–Crippen MR) is 89.0 cm³/mol. The first-order valence-electron chi connectivity index (χ1n) is 8.60. The summed E-state index contributed by atoms with van der Waals surface area (Å²) in [7, 11) is 0. The molecule has 0 N–H and O–H groups in total. The Balaban J connectivity index is 1.79. The van der Waals surface area contributed by atoms with Crippen molar-refractivity contribution in [3.05, 3.63) is 35.1 Å². The first-order chi connectivity index (χ1) is 12.4. The summed E-state index contributed by atoms with van der Waals surface area (Å²) >= 11 is 0. The zero-order chi connectivity index (χ0) is 17.6. The molecule has 2 rings (SSSR count). The zero-order valence-corrected chi connectivity index (χ0v) is 14.5. The Bertz CT molecular complexity index is 433. The second-order valence-electron chi connectivity index (χ2n) is 5.44. The molecule has 1 aliphatic rings. The van der Waals surface area contributed by atoms with Gasteiger partial charge in [0.05, 0.1) is 79.3 Å². The second kappa shape index (κ2) is 13.2. The molecule has 0 saturated heterocycles. The van der Waals surface area contributed by atoms with E-state index < -0.39 is 0 Å². The minimum atomic E-state index is -0.281. The Labute approximate surface area is 148 Å². The summed E-state index contributed by atoms with van der Waals surface area (Å²) < 4.78 is 46.8. The van der Waals surface area contributed by atoms with E-state index in [2.05, 4.69) is 0 Å². The molecule has 0 saturated carbocycles. The normalized spacial score (nSPS) is 20.5. The van der Waals surface area contributed by atoms with Crippen molar-refractivity contribution < 1.29 is 32.8 Å². The van der Waals surface area contributed by atoms with Crippen molar-refractivity contribution in [1.82, 2.24) is 0 Å². The van der Waals surface area contributed by atoms with Crippen LogP contribution in [0.1, 0.15) is 11.1 Å². The first kappa shape index (κ1) is 20.2. The standard InChI is InChI=1S/C18H27FO6/c19-18-16-2-1-3-17(18)15-25-13-11-23-9-7-21-5-4-20-6-8-22-10-12-24-14-16/h1-3H,4-15H2. The highest BCUT2D eigenvalue weighted by Gasteiger charge is 2.08. The summed E-state index contributed by atoms with van der Waals surface area (Å²) in [6, 6.07) is 5.23. The van der Waals surface area contributed by atoms with Crippen LogP contribution in [0.15, 0.2) is 18.2 Å². The Kier molecular flexibility index (Phi) is 10.6. The van der Waals surface area contributed by atoms with Gasteiger partial charge in [-0.05, 0) is 0 Å². The summed E-state index contributed by atoms with van der Waals surface area (Å²) in [4.78, 5) is 0. The molecule has 142 valence electrons. The van der Waals surface area contributed by atoms with Crippen molar-refractivity contribution in [2.24, 2.45) is 0 Å². The summed E-state index contributed by atoms with van der Waals surface area (Å²) in [5, 5.41) is 0. The number of rotatable bonds is 0. The molecule has 1 aromatic carbocycles. The van der Waals surface area contributed by atoms with Crippen LogP contribution in [0, 0.1) is 5.82 Å². The lowest BCUT2D eigenvalue weighted by Crippen LogP contribution is -2.13. The summed E-state index contributed by atoms with van der Waals surface area (Å²) in [5.41, 5.74) is 1.03. The quantitative estimate of drug-likeness (QED) is 0.707. The molecule has 0 aliphatic carbocycles. The smallest absolute Gasteiger partial charge is 0.134 e. The molecule has 0 fully saturated rings. The van der Waals surface area contributed by atoms with Gasteiger partial charge < -0.3 is 28.4 Å². The van der Waals surface area contributed by atoms with Crippen LogP contribution in [0.4, 0.5) is 4.39 Å². The van der Waals surface area contributed by atoms with Gasteiger partial charge in [0.2, 0.25) is 0 Å². The highest BCUT2D eigenvalue weighted by molar-refractivity contribution is 5.25. The molecule has 1 heterocycles. The van der Waals surface area contributed by atoms with E-state index in [0.717, 1.165) is 0 Å². The molecule has 0 unspecified atom stereocenters. The van der Waals surface area contributed by atoms with E-state index in [1.165, 1.54) is 0 Å². The van der Waals surface area contributed by atoms with E-state index in [1.54, 1.807) is 18.2 Å². The molecule has 2 bridgehead atoms. The summed E-state index contributed by atoms with van der Waals surface area (Å²) in [6.07, 6.45) is 0. The lowest BCUT2D eigenvalue weighted by Gasteiger charge is -2.10. The minimum Gasteiger partial charge on any atom is -0.377 e. The van der Waals surface area contributed by atoms with Crippen molar-refractivity contribution in [2.75, 3.05) is 66.1 Å². The third-order valence-electron chi connectivity index (χ3n) is 3.53. The summed E-state index contributed by atoms with van der Waals surface area (Å²) in [6.45, 7) is 5.17. The van der Waals surface area contributed by atoms with E-state index in [1.807, 2.05) is 0 Å². The molecule has 25 heavy (non-hydrogen) atoms. The fraction of sp³-hybridized carbons (Fsp3) is 0.667. The van der Waals surface area contributed by atoms with Gasteiger partial charge in [-0.2, -0.15) is 0 Å². The molecule has 1 aliphatic heterocycles. The molecule has 6 nitrogen and oxygen atoms in total. The zero-order valence-electron chi connectivity index (χ0n) is 14.5. The number of hydrogen-bond donors (Lipinski definition) is 0. The predicted octanol–water partition coefficient (Wildman–Crippen LogP) is 1.94. The number of ether oxygens (including phenoxy) is 6. The first-order valence-corrected chi connectivity index (χ1v) is 8.60. The molecule has 7 heteroatoms. The van der Waals surface area contributed by atoms with Crippen molar-refractivity contribution in [2.45, 2.75) is 13.2 Å². The van der Waals surface area contributed by atoms with Gasteiger partial charge in [-0.3, -0.25) is 0 Å². The fourth-order valence-electron chi connectivity index (χ4n) is 2.22. The van der Waals surface area contributed by atoms with Crippen LogP contribution in [0.25, 0.3) is 0 Å². The molecule has 0 amide bonds.